The molecule has 2 aliphatic heterocycles. The van der Waals surface area contributed by atoms with Crippen LogP contribution in [0.5, 0.6) is 5.75 Å². The summed E-state index contributed by atoms with van der Waals surface area (Å²) in [5, 5.41) is 3.22. The molecule has 1 N–H and O–H groups in total. The fraction of sp³-hybridized carbons (Fsp3) is 0.650. The van der Waals surface area contributed by atoms with Crippen LogP contribution in [-0.2, 0) is 4.79 Å². The van der Waals surface area contributed by atoms with E-state index in [-0.39, 0.29) is 22.5 Å². The molecular weight excluding hydrogens is 421 g/mol. The van der Waals surface area contributed by atoms with Gasteiger partial charge in [0.25, 0.3) is 0 Å². The predicted octanol–water partition coefficient (Wildman–Crippen LogP) is 2.96. The molecule has 30 heavy (non-hydrogen) atoms. The Balaban J connectivity index is 1.57. The van der Waals surface area contributed by atoms with Gasteiger partial charge in [-0.1, -0.05) is 11.6 Å². The number of hydrogen-bond donors (Lipinski definition) is 1. The summed E-state index contributed by atoms with van der Waals surface area (Å²) in [6.07, 6.45) is -4.78. The molecule has 0 saturated carbocycles. The number of rotatable bonds is 3. The second kappa shape index (κ2) is 8.80. The first kappa shape index (κ1) is 23.0. The molecule has 2 aliphatic rings. The third-order valence-corrected chi connectivity index (χ3v) is 5.82. The summed E-state index contributed by atoms with van der Waals surface area (Å²) in [6, 6.07) is 4.01. The van der Waals surface area contributed by atoms with Crippen LogP contribution in [0.4, 0.5) is 18.9 Å². The van der Waals surface area contributed by atoms with E-state index in [0.717, 1.165) is 13.1 Å². The van der Waals surface area contributed by atoms with Gasteiger partial charge in [-0.15, -0.1) is 13.2 Å². The minimum atomic E-state index is -4.78. The zero-order chi connectivity index (χ0) is 22.1. The Morgan fingerprint density at radius 1 is 1.13 bits per heavy atom. The van der Waals surface area contributed by atoms with Crippen molar-refractivity contribution in [2.45, 2.75) is 38.7 Å². The van der Waals surface area contributed by atoms with Crippen molar-refractivity contribution in [3.05, 3.63) is 23.2 Å². The number of nitrogens with zero attached hydrogens (tertiary/aromatic N) is 3. The zero-order valence-electron chi connectivity index (χ0n) is 17.4. The summed E-state index contributed by atoms with van der Waals surface area (Å²) in [5.41, 5.74) is 0.719. The first-order valence-electron chi connectivity index (χ1n) is 10.0. The number of nitrogens with one attached hydrogen (secondary N) is 1. The Hall–Kier alpha value is -1.71. The van der Waals surface area contributed by atoms with Crippen molar-refractivity contribution in [1.82, 2.24) is 15.1 Å². The van der Waals surface area contributed by atoms with Crippen molar-refractivity contribution in [3.8, 4) is 5.75 Å². The zero-order valence-corrected chi connectivity index (χ0v) is 18.2. The second-order valence-corrected chi connectivity index (χ2v) is 9.01. The minimum absolute atomic E-state index is 0.0145. The second-order valence-electron chi connectivity index (χ2n) is 8.60. The normalized spacial score (nSPS) is 21.6. The third kappa shape index (κ3) is 5.70. The van der Waals surface area contributed by atoms with Crippen LogP contribution in [0.15, 0.2) is 18.2 Å². The van der Waals surface area contributed by atoms with Gasteiger partial charge >= 0.3 is 6.36 Å². The smallest absolute Gasteiger partial charge is 0.404 e. The summed E-state index contributed by atoms with van der Waals surface area (Å²) in [7, 11) is 0. The highest BCUT2D eigenvalue weighted by Gasteiger charge is 2.35. The highest BCUT2D eigenvalue weighted by Crippen LogP contribution is 2.33. The van der Waals surface area contributed by atoms with Crippen molar-refractivity contribution >= 4 is 23.2 Å². The average molecular weight is 449 g/mol. The summed E-state index contributed by atoms with van der Waals surface area (Å²) in [5.74, 6) is -0.330. The van der Waals surface area contributed by atoms with Gasteiger partial charge in [0.2, 0.25) is 5.91 Å². The lowest BCUT2D eigenvalue weighted by Gasteiger charge is -2.43. The quantitative estimate of drug-likeness (QED) is 0.770. The third-order valence-electron chi connectivity index (χ3n) is 5.52. The number of halogens is 4. The Kier molecular flexibility index (Phi) is 6.74. The molecule has 0 bridgehead atoms. The van der Waals surface area contributed by atoms with Gasteiger partial charge in [0, 0.05) is 57.0 Å². The minimum Gasteiger partial charge on any atom is -0.404 e. The number of piperazine rings is 2. The fourth-order valence-electron chi connectivity index (χ4n) is 3.82. The van der Waals surface area contributed by atoms with E-state index in [9.17, 15) is 18.0 Å². The monoisotopic (exact) mass is 448 g/mol. The summed E-state index contributed by atoms with van der Waals surface area (Å²) in [4.78, 5) is 19.1. The van der Waals surface area contributed by atoms with E-state index < -0.39 is 12.1 Å². The average Bonchev–Trinajstić information content (AvgIpc) is 2.67. The number of carbonyl (C=O) groups excluding carboxylic acids is 1. The van der Waals surface area contributed by atoms with Gasteiger partial charge in [0.05, 0.1) is 11.1 Å². The van der Waals surface area contributed by atoms with E-state index in [2.05, 4.69) is 35.7 Å². The van der Waals surface area contributed by atoms with Crippen LogP contribution in [0.25, 0.3) is 0 Å². The number of alkyl halides is 3. The molecule has 10 heteroatoms. The molecule has 3 rings (SSSR count). The van der Waals surface area contributed by atoms with Crippen LogP contribution in [0.2, 0.25) is 5.02 Å². The maximum atomic E-state index is 13.0. The summed E-state index contributed by atoms with van der Waals surface area (Å²) in [6.45, 7) is 11.1. The topological polar surface area (TPSA) is 48.1 Å². The van der Waals surface area contributed by atoms with Gasteiger partial charge in [-0.25, -0.2) is 0 Å². The molecule has 0 unspecified atom stereocenters. The molecule has 1 amide bonds. The summed E-state index contributed by atoms with van der Waals surface area (Å²) < 4.78 is 41.1. The lowest BCUT2D eigenvalue weighted by atomic mass is 10.0. The number of carbonyl (C=O) groups is 1. The SMILES string of the molecule is CC(C)(C)N1CCN[C@@H](C(=O)N2CCN(c3ccc(OC(F)(F)F)c(Cl)c3)CC2)C1. The van der Waals surface area contributed by atoms with E-state index >= 15 is 0 Å². The number of amides is 1. The van der Waals surface area contributed by atoms with E-state index in [0.29, 0.717) is 38.4 Å². The van der Waals surface area contributed by atoms with Gasteiger partial charge in [-0.2, -0.15) is 0 Å². The molecule has 0 aromatic heterocycles. The molecule has 0 radical (unpaired) electrons. The molecule has 0 aliphatic carbocycles. The van der Waals surface area contributed by atoms with Crippen molar-refractivity contribution < 1.29 is 22.7 Å². The number of benzene rings is 1. The summed E-state index contributed by atoms with van der Waals surface area (Å²) >= 11 is 5.96. The van der Waals surface area contributed by atoms with Gasteiger partial charge in [0.15, 0.2) is 0 Å². The van der Waals surface area contributed by atoms with Crippen molar-refractivity contribution in [1.29, 1.82) is 0 Å². The molecule has 6 nitrogen and oxygen atoms in total. The number of ether oxygens (including phenoxy) is 1. The molecule has 2 fully saturated rings. The highest BCUT2D eigenvalue weighted by molar-refractivity contribution is 6.32. The molecule has 1 atom stereocenters. The van der Waals surface area contributed by atoms with Crippen LogP contribution in [-0.4, -0.2) is 79.5 Å². The Morgan fingerprint density at radius 2 is 1.80 bits per heavy atom. The number of hydrogen-bond acceptors (Lipinski definition) is 5. The van der Waals surface area contributed by atoms with Gasteiger partial charge in [-0.05, 0) is 39.0 Å². The van der Waals surface area contributed by atoms with E-state index in [1.54, 1.807) is 6.07 Å². The molecule has 1 aromatic rings. The van der Waals surface area contributed by atoms with Crippen LogP contribution >= 0.6 is 11.6 Å². The van der Waals surface area contributed by atoms with Crippen molar-refractivity contribution in [3.63, 3.8) is 0 Å². The van der Waals surface area contributed by atoms with Gasteiger partial charge in [0.1, 0.15) is 5.75 Å². The van der Waals surface area contributed by atoms with E-state index in [1.165, 1.54) is 12.1 Å². The molecule has 1 aromatic carbocycles. The molecule has 0 spiro atoms. The first-order valence-corrected chi connectivity index (χ1v) is 10.4. The molecule has 168 valence electrons. The van der Waals surface area contributed by atoms with E-state index in [4.69, 9.17) is 11.6 Å². The van der Waals surface area contributed by atoms with Crippen LogP contribution < -0.4 is 15.0 Å². The lowest BCUT2D eigenvalue weighted by molar-refractivity contribution is -0.274. The maximum absolute atomic E-state index is 13.0. The van der Waals surface area contributed by atoms with E-state index in [1.807, 2.05) is 9.80 Å². The first-order chi connectivity index (χ1) is 13.9. The Labute approximate surface area is 179 Å². The fourth-order valence-corrected chi connectivity index (χ4v) is 4.04. The Bertz CT molecular complexity index is 761. The van der Waals surface area contributed by atoms with Crippen molar-refractivity contribution in [2.24, 2.45) is 0 Å². The van der Waals surface area contributed by atoms with Crippen LogP contribution in [0.3, 0.4) is 0 Å². The van der Waals surface area contributed by atoms with Crippen LogP contribution in [0.1, 0.15) is 20.8 Å². The Morgan fingerprint density at radius 3 is 2.37 bits per heavy atom. The van der Waals surface area contributed by atoms with Crippen LogP contribution in [0, 0.1) is 0 Å². The molecule has 2 saturated heterocycles. The molecule has 2 heterocycles. The highest BCUT2D eigenvalue weighted by atomic mass is 35.5. The lowest BCUT2D eigenvalue weighted by Crippen LogP contribution is -2.63. The predicted molar refractivity (Wildman–Crippen MR) is 110 cm³/mol. The van der Waals surface area contributed by atoms with Crippen molar-refractivity contribution in [2.75, 3.05) is 50.7 Å². The number of anilines is 1. The standard InChI is InChI=1S/C20H28ClF3N4O2/c1-19(2,3)28-7-6-25-16(13-28)18(29)27-10-8-26(9-11-27)14-4-5-17(15(21)12-14)30-20(22,23)24/h4-5,12,16,25H,6-11,13H2,1-3H3/t16-/m1/s1. The maximum Gasteiger partial charge on any atom is 0.573 e. The van der Waals surface area contributed by atoms with Gasteiger partial charge < -0.3 is 19.9 Å². The molecular formula is C20H28ClF3N4O2. The van der Waals surface area contributed by atoms with Gasteiger partial charge in [-0.3, -0.25) is 9.69 Å². The largest absolute Gasteiger partial charge is 0.573 e.